The third kappa shape index (κ3) is 36.9. The van der Waals surface area contributed by atoms with Gasteiger partial charge in [0.15, 0.2) is 0 Å². The lowest BCUT2D eigenvalue weighted by Gasteiger charge is -1.82. The minimum Gasteiger partial charge on any atom is -0.286 e. The third-order valence-corrected chi connectivity index (χ3v) is 1.69. The van der Waals surface area contributed by atoms with Gasteiger partial charge in [0.25, 0.3) is 20.2 Å². The van der Waals surface area contributed by atoms with E-state index in [1.54, 1.807) is 24.8 Å². The van der Waals surface area contributed by atoms with Crippen LogP contribution in [0.3, 0.4) is 0 Å². The second-order valence-corrected chi connectivity index (χ2v) is 7.45. The van der Waals surface area contributed by atoms with E-state index < -0.39 is 20.2 Å². The van der Waals surface area contributed by atoms with E-state index in [0.29, 0.717) is 12.5 Å². The Morgan fingerprint density at radius 1 is 0.667 bits per heavy atom. The van der Waals surface area contributed by atoms with Crippen molar-refractivity contribution in [2.75, 3.05) is 12.5 Å². The Morgan fingerprint density at radius 2 is 0.833 bits per heavy atom. The molecule has 0 unspecified atom stereocenters. The molecule has 0 saturated heterocycles. The van der Waals surface area contributed by atoms with Crippen LogP contribution < -0.4 is 0 Å². The van der Waals surface area contributed by atoms with Crippen LogP contribution in [0, 0.1) is 13.8 Å². The van der Waals surface area contributed by atoms with Crippen LogP contribution in [-0.2, 0) is 20.2 Å². The average Bonchev–Trinajstić information content (AvgIpc) is 2.37. The fourth-order valence-corrected chi connectivity index (χ4v) is 0.853. The molecule has 0 fully saturated rings. The normalized spacial score (nSPS) is 9.92. The topological polar surface area (TPSA) is 135 Å². The maximum absolute atomic E-state index is 9.19. The predicted molar refractivity (Wildman–Crippen MR) is 92.9 cm³/mol. The molecule has 0 bridgehead atoms. The van der Waals surface area contributed by atoms with Gasteiger partial charge in [0.2, 0.25) is 0 Å². The fraction of sp³-hybridized carbons (Fsp3) is 0.286. The molecule has 2 heterocycles. The average molecular weight is 378 g/mol. The Labute approximate surface area is 143 Å². The van der Waals surface area contributed by atoms with Crippen molar-refractivity contribution in [3.05, 3.63) is 60.2 Å². The largest absolute Gasteiger partial charge is 0.286 e. The van der Waals surface area contributed by atoms with E-state index in [-0.39, 0.29) is 0 Å². The fourth-order valence-electron chi connectivity index (χ4n) is 0.853. The molecule has 2 aromatic heterocycles. The molecular formula is C14H22N2O6S2. The first-order valence-corrected chi connectivity index (χ1v) is 10.1. The first-order chi connectivity index (χ1) is 10.8. The molecule has 10 heteroatoms. The molecule has 2 rings (SSSR count). The van der Waals surface area contributed by atoms with E-state index in [2.05, 4.69) is 9.97 Å². The molecule has 0 amide bonds. The van der Waals surface area contributed by atoms with Crippen LogP contribution in [0.4, 0.5) is 0 Å². The highest BCUT2D eigenvalue weighted by atomic mass is 32.2. The number of hydrogen-bond donors (Lipinski definition) is 2. The van der Waals surface area contributed by atoms with Crippen molar-refractivity contribution in [1.29, 1.82) is 0 Å². The van der Waals surface area contributed by atoms with Gasteiger partial charge in [-0.05, 0) is 49.2 Å². The Kier molecular flexibility index (Phi) is 12.7. The summed E-state index contributed by atoms with van der Waals surface area (Å²) in [6.07, 6.45) is 8.58. The van der Waals surface area contributed by atoms with Crippen molar-refractivity contribution < 1.29 is 25.9 Å². The lowest BCUT2D eigenvalue weighted by molar-refractivity contribution is 0.488. The summed E-state index contributed by atoms with van der Waals surface area (Å²) in [5.74, 6) is 0. The molecule has 0 atom stereocenters. The Morgan fingerprint density at radius 3 is 0.917 bits per heavy atom. The van der Waals surface area contributed by atoms with Crippen molar-refractivity contribution in [1.82, 2.24) is 9.97 Å². The standard InChI is InChI=1S/2C6H7N.2CH4O3S/c2*1-6-2-4-7-5-3-6;2*1-5(2,3)4/h2*2-5H,1H3;2*1H3,(H,2,3,4). The Bertz CT molecular complexity index is 665. The Balaban J connectivity index is 0. The zero-order valence-corrected chi connectivity index (χ0v) is 15.5. The second-order valence-electron chi connectivity index (χ2n) is 4.52. The minimum absolute atomic E-state index is 0.715. The van der Waals surface area contributed by atoms with E-state index in [1.807, 2.05) is 38.1 Å². The van der Waals surface area contributed by atoms with Crippen molar-refractivity contribution in [2.24, 2.45) is 0 Å². The number of hydrogen-bond acceptors (Lipinski definition) is 6. The first-order valence-electron chi connectivity index (χ1n) is 6.37. The van der Waals surface area contributed by atoms with E-state index in [4.69, 9.17) is 9.11 Å². The van der Waals surface area contributed by atoms with Gasteiger partial charge < -0.3 is 0 Å². The van der Waals surface area contributed by atoms with Crippen molar-refractivity contribution in [3.63, 3.8) is 0 Å². The van der Waals surface area contributed by atoms with E-state index >= 15 is 0 Å². The highest BCUT2D eigenvalue weighted by molar-refractivity contribution is 7.85. The van der Waals surface area contributed by atoms with E-state index in [9.17, 15) is 16.8 Å². The maximum atomic E-state index is 9.19. The highest BCUT2D eigenvalue weighted by Crippen LogP contribution is 1.89. The summed E-state index contributed by atoms with van der Waals surface area (Å²) in [6, 6.07) is 7.89. The molecule has 24 heavy (non-hydrogen) atoms. The summed E-state index contributed by atoms with van der Waals surface area (Å²) >= 11 is 0. The van der Waals surface area contributed by atoms with Gasteiger partial charge in [-0.1, -0.05) is 0 Å². The van der Waals surface area contributed by atoms with Gasteiger partial charge in [0, 0.05) is 24.8 Å². The molecule has 0 aromatic carbocycles. The van der Waals surface area contributed by atoms with Crippen LogP contribution in [0.25, 0.3) is 0 Å². The lowest BCUT2D eigenvalue weighted by atomic mass is 10.3. The molecule has 0 spiro atoms. The van der Waals surface area contributed by atoms with Gasteiger partial charge in [-0.25, -0.2) is 0 Å². The first kappa shape index (κ1) is 24.4. The van der Waals surface area contributed by atoms with Crippen LogP contribution in [0.5, 0.6) is 0 Å². The van der Waals surface area contributed by atoms with E-state index in [1.165, 1.54) is 11.1 Å². The maximum Gasteiger partial charge on any atom is 0.261 e. The predicted octanol–water partition coefficient (Wildman–Crippen LogP) is 1.79. The van der Waals surface area contributed by atoms with Crippen LogP contribution in [-0.4, -0.2) is 48.4 Å². The summed E-state index contributed by atoms with van der Waals surface area (Å²) in [5, 5.41) is 0. The number of pyridine rings is 2. The highest BCUT2D eigenvalue weighted by Gasteiger charge is 1.82. The molecular weight excluding hydrogens is 356 g/mol. The molecule has 8 nitrogen and oxygen atoms in total. The SMILES string of the molecule is CS(=O)(=O)O.CS(=O)(=O)O.Cc1ccncc1.Cc1ccncc1. The van der Waals surface area contributed by atoms with Gasteiger partial charge in [0.05, 0.1) is 12.5 Å². The lowest BCUT2D eigenvalue weighted by Crippen LogP contribution is -1.88. The molecule has 0 aliphatic rings. The summed E-state index contributed by atoms with van der Waals surface area (Å²) in [4.78, 5) is 7.69. The van der Waals surface area contributed by atoms with Gasteiger partial charge in [-0.15, -0.1) is 0 Å². The van der Waals surface area contributed by atoms with Gasteiger partial charge in [-0.3, -0.25) is 19.1 Å². The van der Waals surface area contributed by atoms with Gasteiger partial charge in [-0.2, -0.15) is 16.8 Å². The number of aryl methyl sites for hydroxylation is 2. The Hall–Kier alpha value is -1.88. The van der Waals surface area contributed by atoms with Crippen LogP contribution in [0.1, 0.15) is 11.1 Å². The molecule has 0 aliphatic heterocycles. The summed E-state index contributed by atoms with van der Waals surface area (Å²) in [5.41, 5.74) is 2.52. The minimum atomic E-state index is -3.67. The summed E-state index contributed by atoms with van der Waals surface area (Å²) < 4.78 is 51.7. The van der Waals surface area contributed by atoms with Crippen molar-refractivity contribution in [3.8, 4) is 0 Å². The van der Waals surface area contributed by atoms with Gasteiger partial charge >= 0.3 is 0 Å². The van der Waals surface area contributed by atoms with Crippen LogP contribution in [0.15, 0.2) is 49.1 Å². The quantitative estimate of drug-likeness (QED) is 0.662. The van der Waals surface area contributed by atoms with Gasteiger partial charge in [0.1, 0.15) is 0 Å². The summed E-state index contributed by atoms with van der Waals surface area (Å²) in [7, 11) is -7.33. The number of aromatic nitrogens is 2. The molecule has 136 valence electrons. The van der Waals surface area contributed by atoms with Crippen LogP contribution in [0.2, 0.25) is 0 Å². The zero-order valence-electron chi connectivity index (χ0n) is 13.9. The molecule has 2 aromatic rings. The third-order valence-electron chi connectivity index (χ3n) is 1.69. The number of nitrogens with zero attached hydrogens (tertiary/aromatic N) is 2. The smallest absolute Gasteiger partial charge is 0.261 e. The molecule has 0 aliphatic carbocycles. The zero-order chi connectivity index (χ0) is 19.2. The summed E-state index contributed by atoms with van der Waals surface area (Å²) in [6.45, 7) is 4.09. The molecule has 2 N–H and O–H groups in total. The van der Waals surface area contributed by atoms with Crippen LogP contribution >= 0.6 is 0 Å². The molecule has 0 saturated carbocycles. The van der Waals surface area contributed by atoms with Crippen molar-refractivity contribution >= 4 is 20.2 Å². The number of rotatable bonds is 0. The monoisotopic (exact) mass is 378 g/mol. The van der Waals surface area contributed by atoms with Crippen molar-refractivity contribution in [2.45, 2.75) is 13.8 Å². The molecule has 0 radical (unpaired) electrons. The second kappa shape index (κ2) is 12.5. The van der Waals surface area contributed by atoms with E-state index in [0.717, 1.165) is 0 Å².